The van der Waals surface area contributed by atoms with Gasteiger partial charge in [0.05, 0.1) is 0 Å². The SMILES string of the molecule is CCC1CCCC(N)(C2CCCc3cccnc32)CC1. The Kier molecular flexibility index (Phi) is 4.11. The molecule has 3 atom stereocenters. The minimum atomic E-state index is -0.00650. The molecule has 0 radical (unpaired) electrons. The van der Waals surface area contributed by atoms with E-state index in [0.717, 1.165) is 5.92 Å². The maximum Gasteiger partial charge on any atom is 0.0484 e. The Labute approximate surface area is 123 Å². The van der Waals surface area contributed by atoms with Crippen molar-refractivity contribution in [1.29, 1.82) is 0 Å². The molecular weight excluding hydrogens is 244 g/mol. The normalized spacial score (nSPS) is 34.3. The first-order valence-corrected chi connectivity index (χ1v) is 8.45. The van der Waals surface area contributed by atoms with Gasteiger partial charge in [-0.1, -0.05) is 32.3 Å². The average molecular weight is 272 g/mol. The van der Waals surface area contributed by atoms with Crippen molar-refractivity contribution >= 4 is 0 Å². The van der Waals surface area contributed by atoms with Crippen LogP contribution in [0, 0.1) is 5.92 Å². The fourth-order valence-electron chi connectivity index (χ4n) is 4.39. The number of rotatable bonds is 2. The molecule has 2 N–H and O–H groups in total. The molecule has 0 bridgehead atoms. The van der Waals surface area contributed by atoms with E-state index in [1.54, 1.807) is 0 Å². The Balaban J connectivity index is 1.85. The molecule has 0 amide bonds. The van der Waals surface area contributed by atoms with Crippen LogP contribution in [-0.2, 0) is 6.42 Å². The Hall–Kier alpha value is -0.890. The van der Waals surface area contributed by atoms with Crippen LogP contribution >= 0.6 is 0 Å². The van der Waals surface area contributed by atoms with E-state index in [0.29, 0.717) is 5.92 Å². The minimum absolute atomic E-state index is 0.00650. The highest BCUT2D eigenvalue weighted by Crippen LogP contribution is 2.44. The lowest BCUT2D eigenvalue weighted by atomic mass is 9.70. The number of hydrogen-bond acceptors (Lipinski definition) is 2. The molecule has 2 heteroatoms. The van der Waals surface area contributed by atoms with Crippen molar-refractivity contribution in [1.82, 2.24) is 4.98 Å². The molecule has 1 aromatic heterocycles. The number of aryl methyl sites for hydroxylation is 1. The fraction of sp³-hybridized carbons (Fsp3) is 0.722. The topological polar surface area (TPSA) is 38.9 Å². The zero-order chi connectivity index (χ0) is 14.0. The lowest BCUT2D eigenvalue weighted by Crippen LogP contribution is -2.46. The molecule has 3 rings (SSSR count). The molecule has 20 heavy (non-hydrogen) atoms. The maximum absolute atomic E-state index is 6.93. The summed E-state index contributed by atoms with van der Waals surface area (Å²) in [6.07, 6.45) is 13.3. The molecule has 1 aromatic rings. The smallest absolute Gasteiger partial charge is 0.0484 e. The van der Waals surface area contributed by atoms with Gasteiger partial charge in [-0.05, 0) is 56.1 Å². The summed E-state index contributed by atoms with van der Waals surface area (Å²) in [6, 6.07) is 4.33. The van der Waals surface area contributed by atoms with E-state index in [1.807, 2.05) is 6.20 Å². The van der Waals surface area contributed by atoms with Crippen molar-refractivity contribution in [3.63, 3.8) is 0 Å². The van der Waals surface area contributed by atoms with E-state index in [-0.39, 0.29) is 5.54 Å². The summed E-state index contributed by atoms with van der Waals surface area (Å²) in [5.41, 5.74) is 9.68. The van der Waals surface area contributed by atoms with Crippen molar-refractivity contribution < 1.29 is 0 Å². The summed E-state index contributed by atoms with van der Waals surface area (Å²) in [6.45, 7) is 2.33. The molecule has 2 aliphatic carbocycles. The highest BCUT2D eigenvalue weighted by atomic mass is 14.8. The van der Waals surface area contributed by atoms with Crippen molar-refractivity contribution in [2.75, 3.05) is 0 Å². The van der Waals surface area contributed by atoms with Crippen LogP contribution in [0.15, 0.2) is 18.3 Å². The summed E-state index contributed by atoms with van der Waals surface area (Å²) >= 11 is 0. The number of aromatic nitrogens is 1. The van der Waals surface area contributed by atoms with Gasteiger partial charge in [0.2, 0.25) is 0 Å². The lowest BCUT2D eigenvalue weighted by Gasteiger charge is -2.40. The standard InChI is InChI=1S/C18H28N2/c1-2-14-6-4-11-18(19,12-10-14)16-9-3-7-15-8-5-13-20-17(15)16/h5,8,13-14,16H,2-4,6-7,9-12,19H2,1H3. The van der Waals surface area contributed by atoms with Gasteiger partial charge in [0.1, 0.15) is 0 Å². The number of nitrogens with two attached hydrogens (primary N) is 1. The predicted octanol–water partition coefficient (Wildman–Crippen LogP) is 4.19. The van der Waals surface area contributed by atoms with Crippen LogP contribution in [-0.4, -0.2) is 10.5 Å². The van der Waals surface area contributed by atoms with Crippen LogP contribution in [0.25, 0.3) is 0 Å². The maximum atomic E-state index is 6.93. The monoisotopic (exact) mass is 272 g/mol. The Morgan fingerprint density at radius 3 is 3.00 bits per heavy atom. The molecule has 1 fully saturated rings. The lowest BCUT2D eigenvalue weighted by molar-refractivity contribution is 0.269. The number of nitrogens with zero attached hydrogens (tertiary/aromatic N) is 1. The van der Waals surface area contributed by atoms with Crippen LogP contribution < -0.4 is 5.73 Å². The summed E-state index contributed by atoms with van der Waals surface area (Å²) in [7, 11) is 0. The predicted molar refractivity (Wildman–Crippen MR) is 83.7 cm³/mol. The third-order valence-corrected chi connectivity index (χ3v) is 5.74. The van der Waals surface area contributed by atoms with E-state index in [1.165, 1.54) is 69.0 Å². The first kappa shape index (κ1) is 14.1. The molecule has 3 unspecified atom stereocenters. The van der Waals surface area contributed by atoms with E-state index >= 15 is 0 Å². The molecule has 1 heterocycles. The average Bonchev–Trinajstić information content (AvgIpc) is 2.69. The van der Waals surface area contributed by atoms with Crippen LogP contribution in [0.1, 0.15) is 75.5 Å². The van der Waals surface area contributed by atoms with Gasteiger partial charge in [-0.15, -0.1) is 0 Å². The first-order valence-electron chi connectivity index (χ1n) is 8.45. The van der Waals surface area contributed by atoms with E-state index in [4.69, 9.17) is 10.7 Å². The second-order valence-corrected chi connectivity index (χ2v) is 6.93. The largest absolute Gasteiger partial charge is 0.324 e. The van der Waals surface area contributed by atoms with Crippen molar-refractivity contribution in [3.8, 4) is 0 Å². The van der Waals surface area contributed by atoms with Gasteiger partial charge in [-0.25, -0.2) is 0 Å². The van der Waals surface area contributed by atoms with Gasteiger partial charge in [0, 0.05) is 23.3 Å². The van der Waals surface area contributed by atoms with Crippen LogP contribution in [0.2, 0.25) is 0 Å². The molecule has 0 aliphatic heterocycles. The van der Waals surface area contributed by atoms with Crippen LogP contribution in [0.5, 0.6) is 0 Å². The zero-order valence-electron chi connectivity index (χ0n) is 12.8. The highest BCUT2D eigenvalue weighted by molar-refractivity contribution is 5.29. The van der Waals surface area contributed by atoms with Crippen molar-refractivity contribution in [3.05, 3.63) is 29.6 Å². The molecular formula is C18H28N2. The number of hydrogen-bond donors (Lipinski definition) is 1. The number of fused-ring (bicyclic) bond motifs is 1. The molecule has 2 nitrogen and oxygen atoms in total. The van der Waals surface area contributed by atoms with E-state index in [2.05, 4.69) is 19.1 Å². The third kappa shape index (κ3) is 2.63. The second kappa shape index (κ2) is 5.85. The van der Waals surface area contributed by atoms with Gasteiger partial charge in [0.25, 0.3) is 0 Å². The quantitative estimate of drug-likeness (QED) is 0.820. The highest BCUT2D eigenvalue weighted by Gasteiger charge is 2.40. The third-order valence-electron chi connectivity index (χ3n) is 5.74. The molecule has 0 saturated heterocycles. The summed E-state index contributed by atoms with van der Waals surface area (Å²) < 4.78 is 0. The molecule has 1 saturated carbocycles. The van der Waals surface area contributed by atoms with E-state index in [9.17, 15) is 0 Å². The Bertz CT molecular complexity index is 456. The summed E-state index contributed by atoms with van der Waals surface area (Å²) in [5.74, 6) is 1.38. The van der Waals surface area contributed by atoms with Crippen LogP contribution in [0.4, 0.5) is 0 Å². The molecule has 0 aromatic carbocycles. The van der Waals surface area contributed by atoms with E-state index < -0.39 is 0 Å². The Morgan fingerprint density at radius 2 is 2.15 bits per heavy atom. The number of pyridine rings is 1. The molecule has 110 valence electrons. The van der Waals surface area contributed by atoms with Gasteiger partial charge in [-0.2, -0.15) is 0 Å². The summed E-state index contributed by atoms with van der Waals surface area (Å²) in [5, 5.41) is 0. The van der Waals surface area contributed by atoms with Gasteiger partial charge in [-0.3, -0.25) is 4.98 Å². The minimum Gasteiger partial charge on any atom is -0.324 e. The fourth-order valence-corrected chi connectivity index (χ4v) is 4.39. The van der Waals surface area contributed by atoms with Gasteiger partial charge < -0.3 is 5.73 Å². The van der Waals surface area contributed by atoms with Crippen molar-refractivity contribution in [2.24, 2.45) is 11.7 Å². The van der Waals surface area contributed by atoms with Crippen molar-refractivity contribution in [2.45, 2.75) is 76.2 Å². The van der Waals surface area contributed by atoms with Gasteiger partial charge in [0.15, 0.2) is 0 Å². The van der Waals surface area contributed by atoms with Gasteiger partial charge >= 0.3 is 0 Å². The molecule has 0 spiro atoms. The molecule has 2 aliphatic rings. The Morgan fingerprint density at radius 1 is 1.25 bits per heavy atom. The van der Waals surface area contributed by atoms with Crippen LogP contribution in [0.3, 0.4) is 0 Å². The zero-order valence-corrected chi connectivity index (χ0v) is 12.8. The summed E-state index contributed by atoms with van der Waals surface area (Å²) in [4.78, 5) is 4.71. The second-order valence-electron chi connectivity index (χ2n) is 6.93. The first-order chi connectivity index (χ1) is 9.73.